The topological polar surface area (TPSA) is 115 Å². The van der Waals surface area contributed by atoms with E-state index in [1.807, 2.05) is 0 Å². The van der Waals surface area contributed by atoms with Crippen LogP contribution < -0.4 is 14.2 Å². The number of ketones is 1. The number of aromatic nitrogens is 1. The molecule has 28 heavy (non-hydrogen) atoms. The summed E-state index contributed by atoms with van der Waals surface area (Å²) in [6.07, 6.45) is 0. The predicted octanol–water partition coefficient (Wildman–Crippen LogP) is 2.90. The fraction of sp³-hybridized carbons (Fsp3) is 0.150. The number of rotatable bonds is 6. The largest absolute Gasteiger partial charge is 0.504 e. The lowest BCUT2D eigenvalue weighted by Crippen LogP contribution is -2.10. The second-order valence-electron chi connectivity index (χ2n) is 5.81. The van der Waals surface area contributed by atoms with Crippen molar-refractivity contribution in [3.63, 3.8) is 0 Å². The van der Waals surface area contributed by atoms with Gasteiger partial charge in [0, 0.05) is 10.9 Å². The van der Waals surface area contributed by atoms with E-state index >= 15 is 0 Å². The number of phenolic OH excluding ortho intramolecular Hbond substituents is 1. The number of ether oxygens (including phenoxy) is 3. The Hall–Kier alpha value is -3.81. The summed E-state index contributed by atoms with van der Waals surface area (Å²) in [4.78, 5) is 28.6. The van der Waals surface area contributed by atoms with Crippen LogP contribution in [0, 0.1) is 0 Å². The molecule has 0 atom stereocenters. The van der Waals surface area contributed by atoms with Crippen LogP contribution in [0.1, 0.15) is 26.5 Å². The van der Waals surface area contributed by atoms with Crippen molar-refractivity contribution in [3.8, 4) is 23.0 Å². The number of carbonyl (C=O) groups excluding carboxylic acids is 1. The molecule has 0 aliphatic rings. The number of hydrogen-bond donors (Lipinski definition) is 2. The van der Waals surface area contributed by atoms with Gasteiger partial charge in [-0.15, -0.1) is 0 Å². The van der Waals surface area contributed by atoms with Gasteiger partial charge in [-0.3, -0.25) is 4.79 Å². The Morgan fingerprint density at radius 2 is 1.54 bits per heavy atom. The van der Waals surface area contributed by atoms with Gasteiger partial charge in [-0.25, -0.2) is 9.78 Å². The minimum atomic E-state index is -1.27. The summed E-state index contributed by atoms with van der Waals surface area (Å²) in [5.41, 5.74) is -0.245. The number of aromatic hydroxyl groups is 1. The first-order chi connectivity index (χ1) is 13.4. The number of phenols is 1. The van der Waals surface area contributed by atoms with Crippen LogP contribution in [0.15, 0.2) is 36.4 Å². The molecule has 2 N–H and O–H groups in total. The van der Waals surface area contributed by atoms with Crippen LogP contribution in [-0.2, 0) is 0 Å². The summed E-state index contributed by atoms with van der Waals surface area (Å²) in [6, 6.07) is 8.62. The van der Waals surface area contributed by atoms with Crippen molar-refractivity contribution in [3.05, 3.63) is 53.3 Å². The summed E-state index contributed by atoms with van der Waals surface area (Å²) in [5.74, 6) is -1.09. The summed E-state index contributed by atoms with van der Waals surface area (Å²) in [5, 5.41) is 20.2. The Balaban J connectivity index is 2.26. The standard InChI is InChI=1S/C20H17NO7/c1-26-15-5-4-10(7-14(15)22)19(23)18-12-9-17(28-3)16(27-2)8-11(12)6-13(21-18)20(24)25/h4-9,22H,1-3H3,(H,24,25). The molecule has 0 bridgehead atoms. The van der Waals surface area contributed by atoms with Crippen molar-refractivity contribution in [1.29, 1.82) is 0 Å². The number of benzene rings is 2. The molecule has 144 valence electrons. The lowest BCUT2D eigenvalue weighted by atomic mass is 10.0. The fourth-order valence-electron chi connectivity index (χ4n) is 2.83. The maximum atomic E-state index is 13.1. The van der Waals surface area contributed by atoms with Gasteiger partial charge in [0.05, 0.1) is 21.3 Å². The number of pyridine rings is 1. The lowest BCUT2D eigenvalue weighted by molar-refractivity contribution is 0.0690. The highest BCUT2D eigenvalue weighted by atomic mass is 16.5. The van der Waals surface area contributed by atoms with E-state index in [-0.39, 0.29) is 28.5 Å². The molecule has 3 aromatic rings. The van der Waals surface area contributed by atoms with Crippen molar-refractivity contribution in [2.45, 2.75) is 0 Å². The highest BCUT2D eigenvalue weighted by Crippen LogP contribution is 2.35. The Bertz CT molecular complexity index is 1090. The summed E-state index contributed by atoms with van der Waals surface area (Å²) < 4.78 is 15.5. The average molecular weight is 383 g/mol. The van der Waals surface area contributed by atoms with Crippen molar-refractivity contribution in [2.24, 2.45) is 0 Å². The molecular formula is C20H17NO7. The van der Waals surface area contributed by atoms with Gasteiger partial charge in [0.2, 0.25) is 5.78 Å². The molecular weight excluding hydrogens is 366 g/mol. The molecule has 0 radical (unpaired) electrons. The van der Waals surface area contributed by atoms with Gasteiger partial charge in [-0.05, 0) is 41.8 Å². The van der Waals surface area contributed by atoms with Gasteiger partial charge in [0.1, 0.15) is 11.4 Å². The highest BCUT2D eigenvalue weighted by molar-refractivity contribution is 6.16. The molecule has 2 aromatic carbocycles. The van der Waals surface area contributed by atoms with E-state index in [1.54, 1.807) is 12.1 Å². The lowest BCUT2D eigenvalue weighted by Gasteiger charge is -2.12. The molecule has 0 saturated carbocycles. The van der Waals surface area contributed by atoms with Gasteiger partial charge in [-0.1, -0.05) is 0 Å². The SMILES string of the molecule is COc1ccc(C(=O)c2nc(C(=O)O)cc3cc(OC)c(OC)cc23)cc1O. The van der Waals surface area contributed by atoms with E-state index in [0.717, 1.165) is 0 Å². The molecule has 0 unspecified atom stereocenters. The quantitative estimate of drug-likeness (QED) is 0.625. The number of fused-ring (bicyclic) bond motifs is 1. The molecule has 0 aliphatic carbocycles. The minimum Gasteiger partial charge on any atom is -0.504 e. The zero-order chi connectivity index (χ0) is 20.4. The van der Waals surface area contributed by atoms with Crippen molar-refractivity contribution in [2.75, 3.05) is 21.3 Å². The first-order valence-electron chi connectivity index (χ1n) is 8.11. The number of carbonyl (C=O) groups is 2. The van der Waals surface area contributed by atoms with Crippen LogP contribution in [0.4, 0.5) is 0 Å². The van der Waals surface area contributed by atoms with E-state index in [4.69, 9.17) is 14.2 Å². The second kappa shape index (κ2) is 7.43. The third-order valence-corrected chi connectivity index (χ3v) is 4.21. The molecule has 1 heterocycles. The number of aromatic carboxylic acids is 1. The van der Waals surface area contributed by atoms with Crippen LogP contribution in [0.25, 0.3) is 10.8 Å². The Morgan fingerprint density at radius 3 is 2.11 bits per heavy atom. The Kier molecular flexibility index (Phi) is 5.04. The van der Waals surface area contributed by atoms with Gasteiger partial charge in [0.25, 0.3) is 0 Å². The molecule has 1 aromatic heterocycles. The summed E-state index contributed by atoms with van der Waals surface area (Å²) >= 11 is 0. The van der Waals surface area contributed by atoms with E-state index in [1.165, 1.54) is 45.6 Å². The molecule has 0 saturated heterocycles. The zero-order valence-corrected chi connectivity index (χ0v) is 15.3. The summed E-state index contributed by atoms with van der Waals surface area (Å²) in [6.45, 7) is 0. The Labute approximate surface area is 159 Å². The number of carboxylic acid groups (broad SMARTS) is 1. The Morgan fingerprint density at radius 1 is 0.893 bits per heavy atom. The van der Waals surface area contributed by atoms with E-state index in [2.05, 4.69) is 4.98 Å². The third-order valence-electron chi connectivity index (χ3n) is 4.21. The number of methoxy groups -OCH3 is 3. The fourth-order valence-corrected chi connectivity index (χ4v) is 2.83. The number of nitrogens with zero attached hydrogens (tertiary/aromatic N) is 1. The normalized spacial score (nSPS) is 10.5. The molecule has 3 rings (SSSR count). The molecule has 8 heteroatoms. The maximum absolute atomic E-state index is 13.1. The monoisotopic (exact) mass is 383 g/mol. The summed E-state index contributed by atoms with van der Waals surface area (Å²) in [7, 11) is 4.29. The van der Waals surface area contributed by atoms with Crippen molar-refractivity contribution >= 4 is 22.5 Å². The zero-order valence-electron chi connectivity index (χ0n) is 15.3. The number of carboxylic acids is 1. The van der Waals surface area contributed by atoms with Gasteiger partial charge < -0.3 is 24.4 Å². The number of hydrogen-bond acceptors (Lipinski definition) is 7. The van der Waals surface area contributed by atoms with Crippen LogP contribution in [0.5, 0.6) is 23.0 Å². The minimum absolute atomic E-state index is 0.0829. The second-order valence-corrected chi connectivity index (χ2v) is 5.81. The first-order valence-corrected chi connectivity index (χ1v) is 8.11. The first kappa shape index (κ1) is 19.0. The van der Waals surface area contributed by atoms with Gasteiger partial charge in [-0.2, -0.15) is 0 Å². The predicted molar refractivity (Wildman–Crippen MR) is 99.9 cm³/mol. The molecule has 8 nitrogen and oxygen atoms in total. The van der Waals surface area contributed by atoms with Crippen LogP contribution in [-0.4, -0.2) is 48.3 Å². The van der Waals surface area contributed by atoms with Crippen molar-refractivity contribution < 1.29 is 34.0 Å². The van der Waals surface area contributed by atoms with Crippen LogP contribution in [0.2, 0.25) is 0 Å². The van der Waals surface area contributed by atoms with Crippen LogP contribution >= 0.6 is 0 Å². The molecule has 0 spiro atoms. The molecule has 0 fully saturated rings. The van der Waals surface area contributed by atoms with Crippen LogP contribution in [0.3, 0.4) is 0 Å². The van der Waals surface area contributed by atoms with Crippen molar-refractivity contribution in [1.82, 2.24) is 4.98 Å². The van der Waals surface area contributed by atoms with E-state index in [0.29, 0.717) is 22.3 Å². The van der Waals surface area contributed by atoms with E-state index < -0.39 is 11.8 Å². The highest BCUT2D eigenvalue weighted by Gasteiger charge is 2.21. The molecule has 0 aliphatic heterocycles. The maximum Gasteiger partial charge on any atom is 0.354 e. The third kappa shape index (κ3) is 3.27. The average Bonchev–Trinajstić information content (AvgIpc) is 2.70. The van der Waals surface area contributed by atoms with Gasteiger partial charge >= 0.3 is 5.97 Å². The smallest absolute Gasteiger partial charge is 0.354 e. The van der Waals surface area contributed by atoms with E-state index in [9.17, 15) is 19.8 Å². The molecule has 0 amide bonds. The van der Waals surface area contributed by atoms with Gasteiger partial charge in [0.15, 0.2) is 23.0 Å².